The molecule has 1 N–H and O–H groups in total. The van der Waals surface area contributed by atoms with Gasteiger partial charge in [0.25, 0.3) is 0 Å². The average Bonchev–Trinajstić information content (AvgIpc) is 3.00. The number of nitrogens with zero attached hydrogens (tertiary/aromatic N) is 2. The number of benzene rings is 1. The number of oxazole rings is 1. The predicted octanol–water partition coefficient (Wildman–Crippen LogP) is 2.46. The van der Waals surface area contributed by atoms with Gasteiger partial charge in [0.05, 0.1) is 19.1 Å². The summed E-state index contributed by atoms with van der Waals surface area (Å²) < 4.78 is 5.77. The van der Waals surface area contributed by atoms with Crippen LogP contribution in [-0.4, -0.2) is 34.0 Å². The van der Waals surface area contributed by atoms with Crippen molar-refractivity contribution in [1.82, 2.24) is 9.88 Å². The van der Waals surface area contributed by atoms with E-state index in [0.29, 0.717) is 19.5 Å². The first kappa shape index (κ1) is 15.7. The predicted molar refractivity (Wildman–Crippen MR) is 86.0 cm³/mol. The molecule has 0 radical (unpaired) electrons. The lowest BCUT2D eigenvalue weighted by molar-refractivity contribution is -0.134. The Bertz CT molecular complexity index is 679. The van der Waals surface area contributed by atoms with E-state index in [2.05, 4.69) is 4.98 Å². The number of carbonyl (C=O) groups excluding carboxylic acids is 1. The fourth-order valence-corrected chi connectivity index (χ4v) is 2.89. The molecule has 0 saturated carbocycles. The highest BCUT2D eigenvalue weighted by molar-refractivity contribution is 5.84. The van der Waals surface area contributed by atoms with Crippen LogP contribution >= 0.6 is 0 Å². The van der Waals surface area contributed by atoms with E-state index in [1.165, 1.54) is 0 Å². The quantitative estimate of drug-likeness (QED) is 0.941. The Morgan fingerprint density at radius 3 is 2.74 bits per heavy atom. The van der Waals surface area contributed by atoms with Crippen LogP contribution in [0.4, 0.5) is 0 Å². The van der Waals surface area contributed by atoms with Gasteiger partial charge >= 0.3 is 0 Å². The minimum atomic E-state index is -0.519. The maximum absolute atomic E-state index is 12.8. The molecule has 2 heterocycles. The number of carbonyl (C=O) groups is 1. The van der Waals surface area contributed by atoms with Gasteiger partial charge in [0.2, 0.25) is 5.91 Å². The van der Waals surface area contributed by atoms with Crippen LogP contribution in [0.2, 0.25) is 0 Å². The lowest BCUT2D eigenvalue weighted by atomic mass is 9.97. The highest BCUT2D eigenvalue weighted by Gasteiger charge is 2.30. The highest BCUT2D eigenvalue weighted by Crippen LogP contribution is 2.26. The van der Waals surface area contributed by atoms with E-state index >= 15 is 0 Å². The van der Waals surface area contributed by atoms with Crippen LogP contribution in [0.1, 0.15) is 48.6 Å². The topological polar surface area (TPSA) is 66.6 Å². The molecule has 1 amide bonds. The summed E-state index contributed by atoms with van der Waals surface area (Å²) in [5, 5.41) is 9.67. The second-order valence-corrected chi connectivity index (χ2v) is 6.23. The van der Waals surface area contributed by atoms with Gasteiger partial charge in [0.15, 0.2) is 5.89 Å². The first-order chi connectivity index (χ1) is 11.1. The minimum Gasteiger partial charge on any atom is -0.445 e. The van der Waals surface area contributed by atoms with Crippen molar-refractivity contribution in [3.8, 4) is 0 Å². The van der Waals surface area contributed by atoms with E-state index in [9.17, 15) is 9.90 Å². The van der Waals surface area contributed by atoms with E-state index in [0.717, 1.165) is 22.9 Å². The van der Waals surface area contributed by atoms with Crippen LogP contribution < -0.4 is 0 Å². The highest BCUT2D eigenvalue weighted by atomic mass is 16.4. The third-order valence-corrected chi connectivity index (χ3v) is 4.23. The summed E-state index contributed by atoms with van der Waals surface area (Å²) in [5.41, 5.74) is 1.69. The fraction of sp³-hybridized carbons (Fsp3) is 0.444. The largest absolute Gasteiger partial charge is 0.445 e. The van der Waals surface area contributed by atoms with Crippen molar-refractivity contribution in [2.45, 2.75) is 38.6 Å². The monoisotopic (exact) mass is 314 g/mol. The number of amides is 1. The van der Waals surface area contributed by atoms with Crippen molar-refractivity contribution >= 4 is 5.91 Å². The SMILES string of the molecule is CC(C)c1nc2c(o1)CCN(C(=O)C(CO)c1ccccc1)C2. The molecule has 23 heavy (non-hydrogen) atoms. The van der Waals surface area contributed by atoms with Gasteiger partial charge in [0, 0.05) is 18.9 Å². The number of aromatic nitrogens is 1. The second-order valence-electron chi connectivity index (χ2n) is 6.23. The summed E-state index contributed by atoms with van der Waals surface area (Å²) in [5.74, 6) is 1.27. The standard InChI is InChI=1S/C18H22N2O3/c1-12(2)17-19-15-10-20(9-8-16(15)23-17)18(22)14(11-21)13-6-4-3-5-7-13/h3-7,12,14,21H,8-11H2,1-2H3. The first-order valence-corrected chi connectivity index (χ1v) is 8.03. The summed E-state index contributed by atoms with van der Waals surface area (Å²) in [7, 11) is 0. The van der Waals surface area contributed by atoms with Crippen molar-refractivity contribution in [2.24, 2.45) is 0 Å². The molecule has 1 aliphatic heterocycles. The maximum atomic E-state index is 12.8. The van der Waals surface area contributed by atoms with Crippen molar-refractivity contribution < 1.29 is 14.3 Å². The molecule has 3 rings (SSSR count). The molecule has 5 nitrogen and oxygen atoms in total. The molecule has 1 atom stereocenters. The van der Waals surface area contributed by atoms with E-state index in [1.807, 2.05) is 44.2 Å². The van der Waals surface area contributed by atoms with Gasteiger partial charge in [-0.05, 0) is 5.56 Å². The zero-order valence-electron chi connectivity index (χ0n) is 13.5. The van der Waals surface area contributed by atoms with Gasteiger partial charge in [-0.25, -0.2) is 4.98 Å². The van der Waals surface area contributed by atoms with Gasteiger partial charge in [0.1, 0.15) is 11.5 Å². The zero-order chi connectivity index (χ0) is 16.4. The van der Waals surface area contributed by atoms with Gasteiger partial charge in [-0.3, -0.25) is 4.79 Å². The van der Waals surface area contributed by atoms with Crippen LogP contribution in [0.5, 0.6) is 0 Å². The fourth-order valence-electron chi connectivity index (χ4n) is 2.89. The molecule has 5 heteroatoms. The molecule has 2 aromatic rings. The van der Waals surface area contributed by atoms with Crippen molar-refractivity contribution in [3.05, 3.63) is 53.2 Å². The Morgan fingerprint density at radius 2 is 2.09 bits per heavy atom. The molecule has 0 saturated heterocycles. The first-order valence-electron chi connectivity index (χ1n) is 8.03. The Labute approximate surface area is 135 Å². The summed E-state index contributed by atoms with van der Waals surface area (Å²) in [6, 6.07) is 9.42. The van der Waals surface area contributed by atoms with Gasteiger partial charge < -0.3 is 14.4 Å². The summed E-state index contributed by atoms with van der Waals surface area (Å²) >= 11 is 0. The Balaban J connectivity index is 1.78. The molecule has 1 aromatic carbocycles. The lowest BCUT2D eigenvalue weighted by Crippen LogP contribution is -2.39. The Morgan fingerprint density at radius 1 is 1.35 bits per heavy atom. The molecule has 1 aliphatic rings. The molecule has 0 fully saturated rings. The van der Waals surface area contributed by atoms with Crippen LogP contribution in [-0.2, 0) is 17.8 Å². The van der Waals surface area contributed by atoms with Crippen LogP contribution in [0, 0.1) is 0 Å². The Hall–Kier alpha value is -2.14. The molecule has 1 unspecified atom stereocenters. The molecule has 1 aromatic heterocycles. The molecule has 122 valence electrons. The molecular weight excluding hydrogens is 292 g/mol. The van der Waals surface area contributed by atoms with Crippen molar-refractivity contribution in [3.63, 3.8) is 0 Å². The summed E-state index contributed by atoms with van der Waals surface area (Å²) in [6.45, 7) is 4.94. The Kier molecular flexibility index (Phi) is 4.48. The number of rotatable bonds is 4. The number of fused-ring (bicyclic) bond motifs is 1. The van der Waals surface area contributed by atoms with E-state index in [1.54, 1.807) is 4.90 Å². The van der Waals surface area contributed by atoms with Crippen LogP contribution in [0.3, 0.4) is 0 Å². The summed E-state index contributed by atoms with van der Waals surface area (Å²) in [4.78, 5) is 19.1. The third kappa shape index (κ3) is 3.15. The molecule has 0 bridgehead atoms. The molecule has 0 spiro atoms. The number of hydrogen-bond acceptors (Lipinski definition) is 4. The van der Waals surface area contributed by atoms with Crippen molar-refractivity contribution in [1.29, 1.82) is 0 Å². The van der Waals surface area contributed by atoms with Crippen LogP contribution in [0.25, 0.3) is 0 Å². The second kappa shape index (κ2) is 6.54. The van der Waals surface area contributed by atoms with Crippen molar-refractivity contribution in [2.75, 3.05) is 13.2 Å². The van der Waals surface area contributed by atoms with E-state index in [-0.39, 0.29) is 18.4 Å². The van der Waals surface area contributed by atoms with Gasteiger partial charge in [-0.15, -0.1) is 0 Å². The lowest BCUT2D eigenvalue weighted by Gasteiger charge is -2.28. The maximum Gasteiger partial charge on any atom is 0.232 e. The van der Waals surface area contributed by atoms with E-state index < -0.39 is 5.92 Å². The third-order valence-electron chi connectivity index (χ3n) is 4.23. The minimum absolute atomic E-state index is 0.0570. The number of aliphatic hydroxyl groups is 1. The molecule has 0 aliphatic carbocycles. The molecular formula is C18H22N2O3. The van der Waals surface area contributed by atoms with Gasteiger partial charge in [-0.1, -0.05) is 44.2 Å². The van der Waals surface area contributed by atoms with E-state index in [4.69, 9.17) is 4.42 Å². The zero-order valence-corrected chi connectivity index (χ0v) is 13.5. The normalized spacial score (nSPS) is 15.6. The number of hydrogen-bond donors (Lipinski definition) is 1. The van der Waals surface area contributed by atoms with Gasteiger partial charge in [-0.2, -0.15) is 0 Å². The average molecular weight is 314 g/mol. The van der Waals surface area contributed by atoms with Crippen LogP contribution in [0.15, 0.2) is 34.7 Å². The number of aliphatic hydroxyl groups excluding tert-OH is 1. The smallest absolute Gasteiger partial charge is 0.232 e. The summed E-state index contributed by atoms with van der Waals surface area (Å²) in [6.07, 6.45) is 0.674.